The van der Waals surface area contributed by atoms with E-state index in [1.165, 1.54) is 17.8 Å². The van der Waals surface area contributed by atoms with Crippen LogP contribution in [0, 0.1) is 11.3 Å². The molecule has 0 saturated heterocycles. The van der Waals surface area contributed by atoms with Gasteiger partial charge in [0.2, 0.25) is 8.32 Å². The maximum Gasteiger partial charge on any atom is 0.241 e. The summed E-state index contributed by atoms with van der Waals surface area (Å²) >= 11 is 0. The van der Waals surface area contributed by atoms with Gasteiger partial charge in [0.15, 0.2) is 0 Å². The minimum absolute atomic E-state index is 0.189. The van der Waals surface area contributed by atoms with Crippen molar-refractivity contribution in [1.82, 2.24) is 0 Å². The maximum absolute atomic E-state index is 6.17. The first-order valence-corrected chi connectivity index (χ1v) is 9.60. The molecule has 0 amide bonds. The van der Waals surface area contributed by atoms with Gasteiger partial charge in [-0.25, -0.2) is 0 Å². The van der Waals surface area contributed by atoms with Crippen LogP contribution in [-0.2, 0) is 4.43 Å². The second-order valence-corrected chi connectivity index (χ2v) is 10.9. The van der Waals surface area contributed by atoms with Crippen LogP contribution in [0.15, 0.2) is 24.0 Å². The molecule has 1 unspecified atom stereocenters. The molecular formula is C14H26OSi. The molecule has 0 fully saturated rings. The molecule has 1 atom stereocenters. The van der Waals surface area contributed by atoms with Crippen molar-refractivity contribution in [3.63, 3.8) is 0 Å². The van der Waals surface area contributed by atoms with Crippen LogP contribution < -0.4 is 0 Å². The predicted molar refractivity (Wildman–Crippen MR) is 73.8 cm³/mol. The van der Waals surface area contributed by atoms with Crippen LogP contribution in [0.1, 0.15) is 33.6 Å². The first-order chi connectivity index (χ1) is 7.17. The van der Waals surface area contributed by atoms with Gasteiger partial charge in [0, 0.05) is 6.42 Å². The predicted octanol–water partition coefficient (Wildman–Crippen LogP) is 4.73. The normalized spacial score (nSPS) is 22.5. The molecule has 0 heterocycles. The van der Waals surface area contributed by atoms with E-state index in [4.69, 9.17) is 4.43 Å². The van der Waals surface area contributed by atoms with Crippen LogP contribution in [0.25, 0.3) is 0 Å². The molecule has 0 radical (unpaired) electrons. The minimum atomic E-state index is -1.45. The fourth-order valence-corrected chi connectivity index (χ4v) is 3.46. The van der Waals surface area contributed by atoms with Crippen LogP contribution >= 0.6 is 0 Å². The Bertz CT molecular complexity index is 307. The number of allylic oxidation sites excluding steroid dienone is 3. The molecule has 1 nitrogen and oxygen atoms in total. The largest absolute Gasteiger partial charge is 0.547 e. The fourth-order valence-electron chi connectivity index (χ4n) is 2.46. The summed E-state index contributed by atoms with van der Waals surface area (Å²) in [7, 11) is -1.45. The lowest BCUT2D eigenvalue weighted by Crippen LogP contribution is -2.25. The number of rotatable bonds is 4. The Kier molecular flexibility index (Phi) is 3.73. The third kappa shape index (κ3) is 3.00. The highest BCUT2D eigenvalue weighted by Crippen LogP contribution is 2.44. The molecule has 0 aliphatic heterocycles. The van der Waals surface area contributed by atoms with Gasteiger partial charge in [0.05, 0.1) is 5.76 Å². The Balaban J connectivity index is 2.87. The van der Waals surface area contributed by atoms with E-state index >= 15 is 0 Å². The molecule has 2 heteroatoms. The molecule has 0 aromatic rings. The van der Waals surface area contributed by atoms with E-state index < -0.39 is 8.32 Å². The van der Waals surface area contributed by atoms with E-state index in [0.717, 1.165) is 6.42 Å². The van der Waals surface area contributed by atoms with Crippen molar-refractivity contribution in [2.45, 2.75) is 53.3 Å². The zero-order chi connectivity index (χ0) is 12.6. The summed E-state index contributed by atoms with van der Waals surface area (Å²) in [5.74, 6) is 1.87. The lowest BCUT2D eigenvalue weighted by atomic mass is 9.76. The molecule has 0 aromatic carbocycles. The van der Waals surface area contributed by atoms with Crippen LogP contribution in [0.2, 0.25) is 19.6 Å². The molecule has 1 rings (SSSR count). The molecule has 16 heavy (non-hydrogen) atoms. The Morgan fingerprint density at radius 3 is 2.38 bits per heavy atom. The van der Waals surface area contributed by atoms with E-state index in [1.54, 1.807) is 0 Å². The average Bonchev–Trinajstić information content (AvgIpc) is 2.46. The molecule has 0 saturated carbocycles. The van der Waals surface area contributed by atoms with Crippen LogP contribution in [0.4, 0.5) is 0 Å². The minimum Gasteiger partial charge on any atom is -0.547 e. The second kappa shape index (κ2) is 4.40. The maximum atomic E-state index is 6.17. The number of hydrogen-bond donors (Lipinski definition) is 0. The molecule has 1 aliphatic carbocycles. The Hall–Kier alpha value is -0.503. The van der Waals surface area contributed by atoms with Crippen LogP contribution in [0.5, 0.6) is 0 Å². The molecule has 0 N–H and O–H groups in total. The monoisotopic (exact) mass is 238 g/mol. The Morgan fingerprint density at radius 1 is 1.38 bits per heavy atom. The summed E-state index contributed by atoms with van der Waals surface area (Å²) in [5.41, 5.74) is 1.64. The number of hydrogen-bond acceptors (Lipinski definition) is 1. The van der Waals surface area contributed by atoms with Gasteiger partial charge in [-0.1, -0.05) is 19.9 Å². The fraction of sp³-hybridized carbons (Fsp3) is 0.714. The topological polar surface area (TPSA) is 9.23 Å². The first kappa shape index (κ1) is 13.6. The van der Waals surface area contributed by atoms with Gasteiger partial charge in [0.1, 0.15) is 0 Å². The third-order valence-corrected chi connectivity index (χ3v) is 4.33. The van der Waals surface area contributed by atoms with Crippen molar-refractivity contribution in [2.24, 2.45) is 11.3 Å². The SMILES string of the molecule is C=CC(C)(C)C1CCC(O[Si](C)(C)C)=C1C. The Labute approximate surface area is 102 Å². The average molecular weight is 238 g/mol. The highest BCUT2D eigenvalue weighted by molar-refractivity contribution is 6.70. The summed E-state index contributed by atoms with van der Waals surface area (Å²) in [4.78, 5) is 0. The quantitative estimate of drug-likeness (QED) is 0.508. The summed E-state index contributed by atoms with van der Waals surface area (Å²) in [6.07, 6.45) is 4.40. The zero-order valence-electron chi connectivity index (χ0n) is 11.7. The van der Waals surface area contributed by atoms with Gasteiger partial charge in [-0.15, -0.1) is 6.58 Å². The molecule has 92 valence electrons. The molecule has 0 spiro atoms. The van der Waals surface area contributed by atoms with Gasteiger partial charge in [-0.2, -0.15) is 0 Å². The highest BCUT2D eigenvalue weighted by atomic mass is 28.4. The van der Waals surface area contributed by atoms with Crippen molar-refractivity contribution < 1.29 is 4.43 Å². The standard InChI is InChI=1S/C14H26OSi/c1-8-14(3,4)12-9-10-13(11(12)2)15-16(5,6)7/h8,12H,1,9-10H2,2-7H3. The summed E-state index contributed by atoms with van der Waals surface area (Å²) in [6, 6.07) is 0. The van der Waals surface area contributed by atoms with Crippen LogP contribution in [-0.4, -0.2) is 8.32 Å². The summed E-state index contributed by atoms with van der Waals surface area (Å²) in [6.45, 7) is 17.5. The first-order valence-electron chi connectivity index (χ1n) is 6.19. The van der Waals surface area contributed by atoms with E-state index in [-0.39, 0.29) is 5.41 Å². The van der Waals surface area contributed by atoms with Crippen molar-refractivity contribution >= 4 is 8.32 Å². The summed E-state index contributed by atoms with van der Waals surface area (Å²) < 4.78 is 6.17. The smallest absolute Gasteiger partial charge is 0.241 e. The van der Waals surface area contributed by atoms with E-state index in [2.05, 4.69) is 53.1 Å². The van der Waals surface area contributed by atoms with Gasteiger partial charge >= 0.3 is 0 Å². The molecule has 0 aromatic heterocycles. The second-order valence-electron chi connectivity index (χ2n) is 6.44. The van der Waals surface area contributed by atoms with Gasteiger partial charge in [-0.05, 0) is 49.9 Å². The molecule has 0 bridgehead atoms. The van der Waals surface area contributed by atoms with E-state index in [9.17, 15) is 0 Å². The zero-order valence-corrected chi connectivity index (χ0v) is 12.7. The molecular weight excluding hydrogens is 212 g/mol. The molecule has 1 aliphatic rings. The van der Waals surface area contributed by atoms with Gasteiger partial charge < -0.3 is 4.43 Å². The van der Waals surface area contributed by atoms with Crippen molar-refractivity contribution in [1.29, 1.82) is 0 Å². The summed E-state index contributed by atoms with van der Waals surface area (Å²) in [5, 5.41) is 0. The van der Waals surface area contributed by atoms with Crippen molar-refractivity contribution in [3.8, 4) is 0 Å². The lowest BCUT2D eigenvalue weighted by Gasteiger charge is -2.29. The van der Waals surface area contributed by atoms with Gasteiger partial charge in [0.25, 0.3) is 0 Å². The highest BCUT2D eigenvalue weighted by Gasteiger charge is 2.35. The van der Waals surface area contributed by atoms with Crippen molar-refractivity contribution in [2.75, 3.05) is 0 Å². The third-order valence-electron chi connectivity index (χ3n) is 3.48. The van der Waals surface area contributed by atoms with Crippen molar-refractivity contribution in [3.05, 3.63) is 24.0 Å². The Morgan fingerprint density at radius 2 is 1.94 bits per heavy atom. The van der Waals surface area contributed by atoms with E-state index in [0.29, 0.717) is 5.92 Å². The van der Waals surface area contributed by atoms with Gasteiger partial charge in [-0.3, -0.25) is 0 Å². The van der Waals surface area contributed by atoms with Crippen LogP contribution in [0.3, 0.4) is 0 Å². The van der Waals surface area contributed by atoms with E-state index in [1.807, 2.05) is 0 Å². The lowest BCUT2D eigenvalue weighted by molar-refractivity contribution is 0.325.